The van der Waals surface area contributed by atoms with E-state index in [0.29, 0.717) is 11.4 Å². The van der Waals surface area contributed by atoms with Crippen LogP contribution in [0.2, 0.25) is 0 Å². The summed E-state index contributed by atoms with van der Waals surface area (Å²) >= 11 is 4.83. The van der Waals surface area contributed by atoms with Crippen LogP contribution in [0, 0.1) is 6.92 Å². The third-order valence-electron chi connectivity index (χ3n) is 2.48. The van der Waals surface area contributed by atoms with Crippen LogP contribution in [0.4, 0.5) is 0 Å². The van der Waals surface area contributed by atoms with Crippen molar-refractivity contribution in [2.75, 3.05) is 12.8 Å². The van der Waals surface area contributed by atoms with E-state index < -0.39 is 10.8 Å². The van der Waals surface area contributed by atoms with Crippen LogP contribution in [-0.4, -0.2) is 28.2 Å². The number of rotatable bonds is 5. The lowest BCUT2D eigenvalue weighted by Crippen LogP contribution is -2.26. The Hall–Kier alpha value is -0.200. The molecule has 0 fully saturated rings. The zero-order valence-corrected chi connectivity index (χ0v) is 13.3. The van der Waals surface area contributed by atoms with E-state index >= 15 is 0 Å². The molecule has 0 radical (unpaired) electrons. The van der Waals surface area contributed by atoms with Gasteiger partial charge in [0.1, 0.15) is 0 Å². The molecule has 1 amide bonds. The first-order valence-corrected chi connectivity index (χ1v) is 8.51. The van der Waals surface area contributed by atoms with Crippen molar-refractivity contribution in [3.63, 3.8) is 0 Å². The lowest BCUT2D eigenvalue weighted by atomic mass is 10.3. The summed E-state index contributed by atoms with van der Waals surface area (Å²) in [7, 11) is -0.825. The normalized spacial score (nSPS) is 14.4. The topological polar surface area (TPSA) is 46.2 Å². The molecule has 0 saturated carbocycles. The molecule has 2 unspecified atom stereocenters. The standard InChI is InChI=1S/C11H16BrNO2S2/c1-7-6-9(16-10(7)12)11(14)13-5-4-8(2)17(3)15/h6,8H,4-5H2,1-3H3,(H,13,14). The van der Waals surface area contributed by atoms with E-state index in [4.69, 9.17) is 0 Å². The van der Waals surface area contributed by atoms with Gasteiger partial charge in [0.2, 0.25) is 0 Å². The number of hydrogen-bond donors (Lipinski definition) is 1. The molecule has 1 aromatic heterocycles. The second kappa shape index (κ2) is 6.66. The van der Waals surface area contributed by atoms with E-state index in [2.05, 4.69) is 21.2 Å². The molecule has 0 aliphatic carbocycles. The van der Waals surface area contributed by atoms with Crippen molar-refractivity contribution < 1.29 is 9.00 Å². The van der Waals surface area contributed by atoms with E-state index in [0.717, 1.165) is 15.8 Å². The average molecular weight is 338 g/mol. The zero-order valence-electron chi connectivity index (χ0n) is 10.1. The van der Waals surface area contributed by atoms with Gasteiger partial charge in [-0.25, -0.2) is 0 Å². The number of halogens is 1. The van der Waals surface area contributed by atoms with Gasteiger partial charge in [-0.05, 0) is 40.9 Å². The maximum atomic E-state index is 11.8. The fraction of sp³-hybridized carbons (Fsp3) is 0.545. The molecule has 96 valence electrons. The maximum Gasteiger partial charge on any atom is 0.261 e. The van der Waals surface area contributed by atoms with Crippen molar-refractivity contribution in [3.8, 4) is 0 Å². The molecule has 0 aliphatic heterocycles. The number of amides is 1. The molecular formula is C11H16BrNO2S2. The fourth-order valence-corrected chi connectivity index (χ4v) is 3.11. The molecule has 17 heavy (non-hydrogen) atoms. The molecule has 0 saturated heterocycles. The molecule has 1 rings (SSSR count). The molecule has 1 heterocycles. The summed E-state index contributed by atoms with van der Waals surface area (Å²) < 4.78 is 12.1. The van der Waals surface area contributed by atoms with E-state index in [1.165, 1.54) is 11.3 Å². The van der Waals surface area contributed by atoms with Crippen molar-refractivity contribution in [3.05, 3.63) is 20.3 Å². The second-order valence-corrected chi connectivity index (χ2v) is 8.09. The van der Waals surface area contributed by atoms with Gasteiger partial charge in [-0.3, -0.25) is 9.00 Å². The van der Waals surface area contributed by atoms with Crippen molar-refractivity contribution >= 4 is 44.0 Å². The molecule has 1 aromatic rings. The third-order valence-corrected chi connectivity index (χ3v) is 5.99. The number of aryl methyl sites for hydroxylation is 1. The minimum Gasteiger partial charge on any atom is -0.351 e. The Kier molecular flexibility index (Phi) is 5.82. The number of carbonyl (C=O) groups is 1. The Morgan fingerprint density at radius 3 is 2.76 bits per heavy atom. The van der Waals surface area contributed by atoms with E-state index in [1.807, 2.05) is 19.9 Å². The maximum absolute atomic E-state index is 11.8. The monoisotopic (exact) mass is 337 g/mol. The Bertz CT molecular complexity index is 412. The minimum absolute atomic E-state index is 0.0575. The number of carbonyl (C=O) groups excluding carboxylic acids is 1. The molecule has 0 bridgehead atoms. The second-order valence-electron chi connectivity index (χ2n) is 3.92. The number of hydrogen-bond acceptors (Lipinski definition) is 3. The molecule has 0 aliphatic rings. The van der Waals surface area contributed by atoms with Crippen LogP contribution < -0.4 is 5.32 Å². The Balaban J connectivity index is 2.43. The Morgan fingerprint density at radius 1 is 1.65 bits per heavy atom. The van der Waals surface area contributed by atoms with Crippen molar-refractivity contribution in [1.29, 1.82) is 0 Å². The largest absolute Gasteiger partial charge is 0.351 e. The fourth-order valence-electron chi connectivity index (χ4n) is 1.21. The van der Waals surface area contributed by atoms with Crippen LogP contribution in [0.15, 0.2) is 9.85 Å². The van der Waals surface area contributed by atoms with Gasteiger partial charge in [0, 0.05) is 28.9 Å². The summed E-state index contributed by atoms with van der Waals surface area (Å²) in [5.74, 6) is -0.0575. The molecule has 2 atom stereocenters. The van der Waals surface area contributed by atoms with Gasteiger partial charge in [0.25, 0.3) is 5.91 Å². The first kappa shape index (κ1) is 14.9. The minimum atomic E-state index is -0.825. The molecule has 3 nitrogen and oxygen atoms in total. The van der Waals surface area contributed by atoms with E-state index in [-0.39, 0.29) is 11.2 Å². The lowest BCUT2D eigenvalue weighted by Gasteiger charge is -2.08. The number of nitrogens with one attached hydrogen (secondary N) is 1. The predicted octanol–water partition coefficient (Wildman–Crippen LogP) is 2.71. The van der Waals surface area contributed by atoms with Crippen LogP contribution in [0.25, 0.3) is 0 Å². The van der Waals surface area contributed by atoms with E-state index in [9.17, 15) is 9.00 Å². The van der Waals surface area contributed by atoms with Gasteiger partial charge in [-0.1, -0.05) is 6.92 Å². The van der Waals surface area contributed by atoms with Crippen molar-refractivity contribution in [2.45, 2.75) is 25.5 Å². The van der Waals surface area contributed by atoms with Gasteiger partial charge < -0.3 is 5.32 Å². The molecular weight excluding hydrogens is 322 g/mol. The van der Waals surface area contributed by atoms with Gasteiger partial charge in [0.15, 0.2) is 0 Å². The summed E-state index contributed by atoms with van der Waals surface area (Å²) in [4.78, 5) is 12.5. The van der Waals surface area contributed by atoms with Gasteiger partial charge in [0.05, 0.1) is 8.66 Å². The number of thiophene rings is 1. The highest BCUT2D eigenvalue weighted by Crippen LogP contribution is 2.27. The predicted molar refractivity (Wildman–Crippen MR) is 77.2 cm³/mol. The highest BCUT2D eigenvalue weighted by molar-refractivity contribution is 9.11. The molecule has 1 N–H and O–H groups in total. The summed E-state index contributed by atoms with van der Waals surface area (Å²) in [6.07, 6.45) is 2.42. The first-order valence-electron chi connectivity index (χ1n) is 5.28. The summed E-state index contributed by atoms with van der Waals surface area (Å²) in [6.45, 7) is 4.45. The highest BCUT2D eigenvalue weighted by Gasteiger charge is 2.12. The summed E-state index contributed by atoms with van der Waals surface area (Å²) in [5, 5.41) is 2.96. The average Bonchev–Trinajstić information content (AvgIpc) is 2.59. The van der Waals surface area contributed by atoms with Crippen LogP contribution in [-0.2, 0) is 10.8 Å². The van der Waals surface area contributed by atoms with Gasteiger partial charge in [-0.2, -0.15) is 0 Å². The van der Waals surface area contributed by atoms with Crippen LogP contribution in [0.3, 0.4) is 0 Å². The molecule has 6 heteroatoms. The van der Waals surface area contributed by atoms with Crippen molar-refractivity contribution in [2.24, 2.45) is 0 Å². The van der Waals surface area contributed by atoms with Crippen LogP contribution in [0.5, 0.6) is 0 Å². The summed E-state index contributed by atoms with van der Waals surface area (Å²) in [6, 6.07) is 1.87. The quantitative estimate of drug-likeness (QED) is 0.897. The molecule has 0 spiro atoms. The van der Waals surface area contributed by atoms with Crippen molar-refractivity contribution in [1.82, 2.24) is 5.32 Å². The SMILES string of the molecule is Cc1cc(C(=O)NCCC(C)S(C)=O)sc1Br. The third kappa shape index (κ3) is 4.52. The van der Waals surface area contributed by atoms with Crippen LogP contribution >= 0.6 is 27.3 Å². The van der Waals surface area contributed by atoms with E-state index in [1.54, 1.807) is 6.26 Å². The lowest BCUT2D eigenvalue weighted by molar-refractivity contribution is 0.0957. The Morgan fingerprint density at radius 2 is 2.29 bits per heavy atom. The smallest absolute Gasteiger partial charge is 0.261 e. The zero-order chi connectivity index (χ0) is 13.0. The molecule has 0 aromatic carbocycles. The Labute approximate surface area is 117 Å². The summed E-state index contributed by atoms with van der Waals surface area (Å²) in [5.41, 5.74) is 1.07. The van der Waals surface area contributed by atoms with Gasteiger partial charge in [-0.15, -0.1) is 11.3 Å². The first-order chi connectivity index (χ1) is 7.91. The van der Waals surface area contributed by atoms with Crippen LogP contribution in [0.1, 0.15) is 28.6 Å². The highest BCUT2D eigenvalue weighted by atomic mass is 79.9. The van der Waals surface area contributed by atoms with Gasteiger partial charge >= 0.3 is 0 Å².